The van der Waals surface area contributed by atoms with Gasteiger partial charge >= 0.3 is 5.97 Å². The van der Waals surface area contributed by atoms with Gasteiger partial charge in [-0.3, -0.25) is 4.90 Å². The Morgan fingerprint density at radius 2 is 2.21 bits per heavy atom. The van der Waals surface area contributed by atoms with Crippen molar-refractivity contribution in [2.24, 2.45) is 0 Å². The van der Waals surface area contributed by atoms with Crippen molar-refractivity contribution in [3.05, 3.63) is 51.7 Å². The number of esters is 1. The molecule has 2 aromatic rings. The van der Waals surface area contributed by atoms with Crippen LogP contribution in [-0.2, 0) is 17.8 Å². The molecule has 0 spiro atoms. The zero-order chi connectivity index (χ0) is 17.7. The highest BCUT2D eigenvalue weighted by molar-refractivity contribution is 7.18. The first-order valence-corrected chi connectivity index (χ1v) is 8.19. The van der Waals surface area contributed by atoms with Crippen molar-refractivity contribution in [3.8, 4) is 6.07 Å². The summed E-state index contributed by atoms with van der Waals surface area (Å²) < 4.78 is 18.3. The van der Waals surface area contributed by atoms with E-state index in [1.165, 1.54) is 12.1 Å². The van der Waals surface area contributed by atoms with Crippen LogP contribution < -0.4 is 5.73 Å². The summed E-state index contributed by atoms with van der Waals surface area (Å²) in [5.74, 6) is -0.782. The van der Waals surface area contributed by atoms with Gasteiger partial charge in [0.15, 0.2) is 0 Å². The van der Waals surface area contributed by atoms with E-state index in [2.05, 4.69) is 6.07 Å². The van der Waals surface area contributed by atoms with Gasteiger partial charge in [-0.25, -0.2) is 9.18 Å². The Kier molecular flexibility index (Phi) is 5.90. The molecule has 0 fully saturated rings. The lowest BCUT2D eigenvalue weighted by atomic mass is 10.1. The number of rotatable bonds is 6. The number of benzene rings is 1. The van der Waals surface area contributed by atoms with Crippen molar-refractivity contribution < 1.29 is 13.9 Å². The first-order valence-electron chi connectivity index (χ1n) is 7.37. The normalized spacial score (nSPS) is 10.6. The van der Waals surface area contributed by atoms with Crippen LogP contribution in [0.2, 0.25) is 0 Å². The number of carbonyl (C=O) groups is 1. The fourth-order valence-corrected chi connectivity index (χ4v) is 3.32. The van der Waals surface area contributed by atoms with Crippen LogP contribution in [0.4, 0.5) is 9.39 Å². The third-order valence-electron chi connectivity index (χ3n) is 3.38. The van der Waals surface area contributed by atoms with E-state index < -0.39 is 5.97 Å². The topological polar surface area (TPSA) is 79.3 Å². The number of hydrogen-bond acceptors (Lipinski definition) is 6. The molecule has 0 atom stereocenters. The molecule has 0 unspecified atom stereocenters. The molecule has 0 aliphatic heterocycles. The molecule has 0 aliphatic rings. The summed E-state index contributed by atoms with van der Waals surface area (Å²) >= 11 is 1.06. The minimum Gasteiger partial charge on any atom is -0.462 e. The van der Waals surface area contributed by atoms with Crippen LogP contribution in [-0.4, -0.2) is 24.5 Å². The number of nitriles is 1. The molecule has 2 rings (SSSR count). The molecule has 24 heavy (non-hydrogen) atoms. The Morgan fingerprint density at radius 1 is 1.46 bits per heavy atom. The fourth-order valence-electron chi connectivity index (χ4n) is 2.39. The summed E-state index contributed by atoms with van der Waals surface area (Å²) in [6, 6.07) is 8.35. The fraction of sp³-hybridized carbons (Fsp3) is 0.294. The van der Waals surface area contributed by atoms with Crippen molar-refractivity contribution in [2.75, 3.05) is 19.4 Å². The van der Waals surface area contributed by atoms with Gasteiger partial charge in [0.25, 0.3) is 0 Å². The van der Waals surface area contributed by atoms with E-state index in [-0.39, 0.29) is 12.4 Å². The number of hydrogen-bond donors (Lipinski definition) is 1. The molecular weight excluding hydrogens is 329 g/mol. The van der Waals surface area contributed by atoms with Gasteiger partial charge in [-0.1, -0.05) is 12.1 Å². The zero-order valence-electron chi connectivity index (χ0n) is 13.5. The highest BCUT2D eigenvalue weighted by Gasteiger charge is 2.23. The zero-order valence-corrected chi connectivity index (χ0v) is 14.3. The predicted molar refractivity (Wildman–Crippen MR) is 91.0 cm³/mol. The lowest BCUT2D eigenvalue weighted by Crippen LogP contribution is -2.19. The number of nitrogens with two attached hydrogens (primary N) is 1. The maximum atomic E-state index is 13.3. The van der Waals surface area contributed by atoms with Crippen LogP contribution in [0, 0.1) is 17.1 Å². The van der Waals surface area contributed by atoms with Crippen molar-refractivity contribution in [1.29, 1.82) is 5.26 Å². The lowest BCUT2D eigenvalue weighted by molar-refractivity contribution is 0.0530. The minimum absolute atomic E-state index is 0.247. The third kappa shape index (κ3) is 4.10. The molecule has 0 aliphatic carbocycles. The van der Waals surface area contributed by atoms with E-state index in [1.807, 2.05) is 18.0 Å². The van der Waals surface area contributed by atoms with Crippen molar-refractivity contribution in [2.45, 2.75) is 20.0 Å². The molecule has 126 valence electrons. The number of carbonyl (C=O) groups excluding carboxylic acids is 1. The number of ether oxygens (including phenoxy) is 1. The molecule has 1 aromatic heterocycles. The molecule has 7 heteroatoms. The largest absolute Gasteiger partial charge is 0.462 e. The Balaban J connectivity index is 2.24. The van der Waals surface area contributed by atoms with Crippen molar-refractivity contribution in [1.82, 2.24) is 4.90 Å². The summed E-state index contributed by atoms with van der Waals surface area (Å²) in [5, 5.41) is 9.62. The van der Waals surface area contributed by atoms with E-state index in [0.29, 0.717) is 34.1 Å². The van der Waals surface area contributed by atoms with Gasteiger partial charge in [0.1, 0.15) is 21.8 Å². The molecule has 1 aromatic carbocycles. The molecule has 0 saturated heterocycles. The van der Waals surface area contributed by atoms with E-state index in [1.54, 1.807) is 13.0 Å². The molecule has 2 N–H and O–H groups in total. The van der Waals surface area contributed by atoms with Gasteiger partial charge in [-0.05, 0) is 31.7 Å². The summed E-state index contributed by atoms with van der Waals surface area (Å²) in [5.41, 5.74) is 7.51. The van der Waals surface area contributed by atoms with Gasteiger partial charge in [0.05, 0.1) is 12.2 Å². The van der Waals surface area contributed by atoms with Crippen LogP contribution in [0.15, 0.2) is 24.3 Å². The Morgan fingerprint density at radius 3 is 2.83 bits per heavy atom. The first-order chi connectivity index (χ1) is 11.5. The maximum absolute atomic E-state index is 13.3. The third-order valence-corrected chi connectivity index (χ3v) is 4.42. The predicted octanol–water partition coefficient (Wildman–Crippen LogP) is 3.15. The van der Waals surface area contributed by atoms with Gasteiger partial charge in [0, 0.05) is 18.7 Å². The molecule has 0 radical (unpaired) electrons. The van der Waals surface area contributed by atoms with E-state index in [0.717, 1.165) is 16.9 Å². The highest BCUT2D eigenvalue weighted by Crippen LogP contribution is 2.32. The molecule has 1 heterocycles. The second-order valence-electron chi connectivity index (χ2n) is 5.28. The number of nitrogens with zero attached hydrogens (tertiary/aromatic N) is 2. The van der Waals surface area contributed by atoms with Crippen molar-refractivity contribution >= 4 is 22.3 Å². The second-order valence-corrected chi connectivity index (χ2v) is 6.34. The standard InChI is InChI=1S/C17H18FN3O2S/c1-3-23-17(22)15-14(13(8-19)16(20)24-15)10-21(2)9-11-5-4-6-12(18)7-11/h4-7H,3,9-10,20H2,1-2H3. The summed E-state index contributed by atoms with van der Waals surface area (Å²) in [4.78, 5) is 14.3. The molecule has 0 saturated carbocycles. The highest BCUT2D eigenvalue weighted by atomic mass is 32.1. The van der Waals surface area contributed by atoms with Crippen LogP contribution in [0.1, 0.15) is 33.3 Å². The number of thiophene rings is 1. The molecular formula is C17H18FN3O2S. The van der Waals surface area contributed by atoms with Gasteiger partial charge in [-0.15, -0.1) is 11.3 Å². The summed E-state index contributed by atoms with van der Waals surface area (Å²) in [7, 11) is 1.83. The van der Waals surface area contributed by atoms with Gasteiger partial charge in [-0.2, -0.15) is 5.26 Å². The van der Waals surface area contributed by atoms with Crippen LogP contribution in [0.3, 0.4) is 0 Å². The van der Waals surface area contributed by atoms with Crippen LogP contribution in [0.5, 0.6) is 0 Å². The lowest BCUT2D eigenvalue weighted by Gasteiger charge is -2.17. The molecule has 0 amide bonds. The summed E-state index contributed by atoms with van der Waals surface area (Å²) in [6.45, 7) is 2.77. The Labute approximate surface area is 144 Å². The van der Waals surface area contributed by atoms with Gasteiger partial charge in [0.2, 0.25) is 0 Å². The molecule has 5 nitrogen and oxygen atoms in total. The SMILES string of the molecule is CCOC(=O)c1sc(N)c(C#N)c1CN(C)Cc1cccc(F)c1. The van der Waals surface area contributed by atoms with Crippen molar-refractivity contribution in [3.63, 3.8) is 0 Å². The summed E-state index contributed by atoms with van der Waals surface area (Å²) in [6.07, 6.45) is 0. The van der Waals surface area contributed by atoms with Crippen LogP contribution in [0.25, 0.3) is 0 Å². The van der Waals surface area contributed by atoms with Gasteiger partial charge < -0.3 is 10.5 Å². The van der Waals surface area contributed by atoms with E-state index in [4.69, 9.17) is 10.5 Å². The first kappa shape index (κ1) is 17.9. The Hall–Kier alpha value is -2.43. The van der Waals surface area contributed by atoms with Crippen LogP contribution >= 0.6 is 11.3 Å². The van der Waals surface area contributed by atoms with E-state index >= 15 is 0 Å². The number of nitrogen functional groups attached to an aromatic ring is 1. The average Bonchev–Trinajstić information content (AvgIpc) is 2.83. The molecule has 0 bridgehead atoms. The minimum atomic E-state index is -0.482. The van der Waals surface area contributed by atoms with E-state index in [9.17, 15) is 14.4 Å². The monoisotopic (exact) mass is 347 g/mol. The number of anilines is 1. The average molecular weight is 347 g/mol. The Bertz CT molecular complexity index is 783. The number of halogens is 1. The maximum Gasteiger partial charge on any atom is 0.348 e. The quantitative estimate of drug-likeness (QED) is 0.812. The smallest absolute Gasteiger partial charge is 0.348 e. The second kappa shape index (κ2) is 7.90.